The van der Waals surface area contributed by atoms with Crippen LogP contribution in [0.2, 0.25) is 0 Å². The first kappa shape index (κ1) is 14.1. The molecule has 1 aromatic carbocycles. The average molecular weight is 282 g/mol. The fraction of sp³-hybridized carbons (Fsp3) is 0.500. The zero-order valence-electron chi connectivity index (χ0n) is 11.2. The van der Waals surface area contributed by atoms with Crippen molar-refractivity contribution >= 4 is 16.1 Å². The van der Waals surface area contributed by atoms with Crippen LogP contribution >= 0.6 is 0 Å². The molecule has 0 heterocycles. The van der Waals surface area contributed by atoms with Crippen molar-refractivity contribution in [2.24, 2.45) is 5.41 Å². The summed E-state index contributed by atoms with van der Waals surface area (Å²) in [6.07, 6.45) is 3.00. The van der Waals surface area contributed by atoms with E-state index in [9.17, 15) is 13.2 Å². The standard InChI is InChI=1S/C14H18O4S/c1-3-14(8-5-9-14)13(15)18-19(16,17)12-7-4-6-11(2)10-12/h4,6-7,10H,3,5,8-9H2,1-2H3. The van der Waals surface area contributed by atoms with Gasteiger partial charge in [-0.1, -0.05) is 25.5 Å². The monoisotopic (exact) mass is 282 g/mol. The molecule has 104 valence electrons. The number of hydrogen-bond donors (Lipinski definition) is 0. The minimum absolute atomic E-state index is 0.0337. The number of carbonyl (C=O) groups excluding carboxylic acids is 1. The fourth-order valence-electron chi connectivity index (χ4n) is 2.31. The van der Waals surface area contributed by atoms with E-state index in [4.69, 9.17) is 4.18 Å². The molecule has 19 heavy (non-hydrogen) atoms. The maximum absolute atomic E-state index is 12.1. The molecule has 5 heteroatoms. The third-order valence-electron chi connectivity index (χ3n) is 3.88. The van der Waals surface area contributed by atoms with Gasteiger partial charge in [0.2, 0.25) is 0 Å². The number of hydrogen-bond acceptors (Lipinski definition) is 4. The second-order valence-electron chi connectivity index (χ2n) is 5.13. The summed E-state index contributed by atoms with van der Waals surface area (Å²) in [7, 11) is -4.00. The van der Waals surface area contributed by atoms with Crippen molar-refractivity contribution in [3.8, 4) is 0 Å². The molecular formula is C14H18O4S. The van der Waals surface area contributed by atoms with Gasteiger partial charge >= 0.3 is 16.1 Å². The molecule has 1 aliphatic rings. The molecule has 0 aliphatic heterocycles. The Balaban J connectivity index is 2.20. The third-order valence-corrected chi connectivity index (χ3v) is 5.09. The van der Waals surface area contributed by atoms with Crippen LogP contribution < -0.4 is 0 Å². The van der Waals surface area contributed by atoms with E-state index in [0.29, 0.717) is 19.3 Å². The van der Waals surface area contributed by atoms with Gasteiger partial charge in [-0.15, -0.1) is 0 Å². The largest absolute Gasteiger partial charge is 0.342 e. The van der Waals surface area contributed by atoms with Gasteiger partial charge in [-0.05, 0) is 43.9 Å². The van der Waals surface area contributed by atoms with E-state index < -0.39 is 21.5 Å². The first-order chi connectivity index (χ1) is 8.89. The van der Waals surface area contributed by atoms with Gasteiger partial charge in [0.15, 0.2) is 0 Å². The molecule has 1 saturated carbocycles. The molecule has 0 saturated heterocycles. The van der Waals surface area contributed by atoms with E-state index in [1.807, 2.05) is 6.92 Å². The maximum atomic E-state index is 12.1. The van der Waals surface area contributed by atoms with Crippen LogP contribution in [0, 0.1) is 12.3 Å². The summed E-state index contributed by atoms with van der Waals surface area (Å²) in [5.41, 5.74) is 0.225. The molecule has 0 spiro atoms. The molecule has 1 aromatic rings. The molecule has 1 fully saturated rings. The van der Waals surface area contributed by atoms with Gasteiger partial charge in [0, 0.05) is 0 Å². The van der Waals surface area contributed by atoms with Crippen LogP contribution in [0.25, 0.3) is 0 Å². The van der Waals surface area contributed by atoms with Crippen LogP contribution in [0.15, 0.2) is 29.2 Å². The molecule has 0 radical (unpaired) electrons. The summed E-state index contributed by atoms with van der Waals surface area (Å²) in [5.74, 6) is -0.609. The number of benzene rings is 1. The Morgan fingerprint density at radius 2 is 2.05 bits per heavy atom. The average Bonchev–Trinajstić information content (AvgIpc) is 2.27. The van der Waals surface area contributed by atoms with E-state index in [2.05, 4.69) is 0 Å². The van der Waals surface area contributed by atoms with Gasteiger partial charge in [0.25, 0.3) is 0 Å². The summed E-state index contributed by atoms with van der Waals surface area (Å²) in [5, 5.41) is 0. The Morgan fingerprint density at radius 1 is 1.37 bits per heavy atom. The molecule has 0 bridgehead atoms. The minimum Gasteiger partial charge on any atom is -0.342 e. The Labute approximate surface area is 113 Å². The molecule has 0 amide bonds. The molecule has 0 aromatic heterocycles. The molecule has 2 rings (SSSR count). The summed E-state index contributed by atoms with van der Waals surface area (Å²) < 4.78 is 28.9. The summed E-state index contributed by atoms with van der Waals surface area (Å²) >= 11 is 0. The van der Waals surface area contributed by atoms with E-state index in [-0.39, 0.29) is 4.90 Å². The second-order valence-corrected chi connectivity index (χ2v) is 6.68. The lowest BCUT2D eigenvalue weighted by Crippen LogP contribution is -2.39. The lowest BCUT2D eigenvalue weighted by Gasteiger charge is -2.37. The highest BCUT2D eigenvalue weighted by atomic mass is 32.2. The SMILES string of the molecule is CCC1(C(=O)OS(=O)(=O)c2cccc(C)c2)CCC1. The molecular weight excluding hydrogens is 264 g/mol. The highest BCUT2D eigenvalue weighted by molar-refractivity contribution is 7.87. The van der Waals surface area contributed by atoms with Crippen molar-refractivity contribution in [2.45, 2.75) is 44.4 Å². The van der Waals surface area contributed by atoms with Crippen molar-refractivity contribution in [3.63, 3.8) is 0 Å². The molecule has 4 nitrogen and oxygen atoms in total. The Kier molecular flexibility index (Phi) is 3.67. The van der Waals surface area contributed by atoms with Crippen LogP contribution in [0.5, 0.6) is 0 Å². The van der Waals surface area contributed by atoms with E-state index in [1.165, 1.54) is 12.1 Å². The predicted molar refractivity (Wildman–Crippen MR) is 71.0 cm³/mol. The second kappa shape index (κ2) is 4.96. The van der Waals surface area contributed by atoms with Crippen molar-refractivity contribution in [2.75, 3.05) is 0 Å². The summed E-state index contributed by atoms with van der Waals surface area (Å²) in [4.78, 5) is 12.1. The van der Waals surface area contributed by atoms with Gasteiger partial charge in [0.05, 0.1) is 5.41 Å². The highest BCUT2D eigenvalue weighted by Crippen LogP contribution is 2.45. The van der Waals surface area contributed by atoms with Gasteiger partial charge < -0.3 is 4.18 Å². The van der Waals surface area contributed by atoms with Gasteiger partial charge in [-0.2, -0.15) is 8.42 Å². The Hall–Kier alpha value is -1.36. The van der Waals surface area contributed by atoms with Gasteiger partial charge in [0.1, 0.15) is 4.90 Å². The Morgan fingerprint density at radius 3 is 2.53 bits per heavy atom. The normalized spacial score (nSPS) is 17.6. The van der Waals surface area contributed by atoms with Gasteiger partial charge in [-0.3, -0.25) is 4.79 Å². The predicted octanol–water partition coefficient (Wildman–Crippen LogP) is 2.81. The zero-order chi connectivity index (χ0) is 14.1. The number of rotatable bonds is 4. The zero-order valence-corrected chi connectivity index (χ0v) is 12.0. The highest BCUT2D eigenvalue weighted by Gasteiger charge is 2.45. The van der Waals surface area contributed by atoms with Crippen LogP contribution in [-0.2, 0) is 19.1 Å². The minimum atomic E-state index is -4.00. The van der Waals surface area contributed by atoms with Crippen LogP contribution in [0.3, 0.4) is 0 Å². The van der Waals surface area contributed by atoms with E-state index in [0.717, 1.165) is 12.0 Å². The smallest absolute Gasteiger partial charge is 0.341 e. The van der Waals surface area contributed by atoms with Crippen LogP contribution in [0.1, 0.15) is 38.2 Å². The first-order valence-electron chi connectivity index (χ1n) is 6.45. The van der Waals surface area contributed by atoms with Gasteiger partial charge in [-0.25, -0.2) is 0 Å². The fourth-order valence-corrected chi connectivity index (χ4v) is 3.36. The molecule has 0 N–H and O–H groups in total. The quantitative estimate of drug-likeness (QED) is 0.797. The topological polar surface area (TPSA) is 60.4 Å². The first-order valence-corrected chi connectivity index (χ1v) is 7.86. The van der Waals surface area contributed by atoms with Crippen molar-refractivity contribution < 1.29 is 17.4 Å². The van der Waals surface area contributed by atoms with Crippen molar-refractivity contribution in [3.05, 3.63) is 29.8 Å². The Bertz CT molecular complexity index is 580. The summed E-state index contributed by atoms with van der Waals surface area (Å²) in [6, 6.07) is 6.37. The lowest BCUT2D eigenvalue weighted by atomic mass is 9.67. The van der Waals surface area contributed by atoms with E-state index >= 15 is 0 Å². The maximum Gasteiger partial charge on any atom is 0.341 e. The summed E-state index contributed by atoms with van der Waals surface area (Å²) in [6.45, 7) is 3.68. The molecule has 1 aliphatic carbocycles. The van der Waals surface area contributed by atoms with Crippen LogP contribution in [-0.4, -0.2) is 14.4 Å². The van der Waals surface area contributed by atoms with E-state index in [1.54, 1.807) is 19.1 Å². The third kappa shape index (κ3) is 2.66. The van der Waals surface area contributed by atoms with Crippen LogP contribution in [0.4, 0.5) is 0 Å². The number of aryl methyl sites for hydroxylation is 1. The van der Waals surface area contributed by atoms with Crippen molar-refractivity contribution in [1.82, 2.24) is 0 Å². The molecule has 0 atom stereocenters. The lowest BCUT2D eigenvalue weighted by molar-refractivity contribution is -0.151. The number of carbonyl (C=O) groups is 1. The molecule has 0 unspecified atom stereocenters. The van der Waals surface area contributed by atoms with Crippen molar-refractivity contribution in [1.29, 1.82) is 0 Å².